The van der Waals surface area contributed by atoms with Gasteiger partial charge in [-0.25, -0.2) is 4.68 Å². The first kappa shape index (κ1) is 14.5. The van der Waals surface area contributed by atoms with Crippen LogP contribution in [0.4, 0.5) is 0 Å². The van der Waals surface area contributed by atoms with Crippen LogP contribution in [0.25, 0.3) is 0 Å². The maximum absolute atomic E-state index is 12.2. The van der Waals surface area contributed by atoms with E-state index in [4.69, 9.17) is 4.74 Å². The van der Waals surface area contributed by atoms with E-state index < -0.39 is 0 Å². The summed E-state index contributed by atoms with van der Waals surface area (Å²) in [7, 11) is 1.42. The van der Waals surface area contributed by atoms with E-state index in [9.17, 15) is 4.79 Å². The molecule has 0 amide bonds. The van der Waals surface area contributed by atoms with Crippen LogP contribution in [0.5, 0.6) is 0 Å². The molecule has 0 spiro atoms. The van der Waals surface area contributed by atoms with Crippen molar-refractivity contribution in [3.05, 3.63) is 45.3 Å². The van der Waals surface area contributed by atoms with Gasteiger partial charge >= 0.3 is 5.97 Å². The van der Waals surface area contributed by atoms with Crippen molar-refractivity contribution in [3.8, 4) is 0 Å². The average molecular weight is 398 g/mol. The Morgan fingerprint density at radius 1 is 1.48 bits per heavy atom. The van der Waals surface area contributed by atoms with Crippen LogP contribution in [0.1, 0.15) is 17.3 Å². The van der Waals surface area contributed by atoms with E-state index in [1.54, 1.807) is 10.9 Å². The van der Waals surface area contributed by atoms with Gasteiger partial charge in [-0.05, 0) is 34.2 Å². The molecule has 1 N–H and O–H groups in total. The highest BCUT2D eigenvalue weighted by molar-refractivity contribution is 14.1. The fourth-order valence-electron chi connectivity index (χ4n) is 2.63. The molecule has 0 fully saturated rings. The van der Waals surface area contributed by atoms with Gasteiger partial charge in [0, 0.05) is 16.2 Å². The summed E-state index contributed by atoms with van der Waals surface area (Å²) in [4.78, 5) is 12.2. The third kappa shape index (κ3) is 2.80. The first-order valence-corrected chi connectivity index (χ1v) is 7.71. The van der Waals surface area contributed by atoms with Gasteiger partial charge in [-0.15, -0.1) is 5.10 Å². The Kier molecular flexibility index (Phi) is 4.20. The fourth-order valence-corrected chi connectivity index (χ4v) is 3.36. The molecule has 0 aliphatic carbocycles. The minimum absolute atomic E-state index is 0.104. The van der Waals surface area contributed by atoms with Gasteiger partial charge in [0.15, 0.2) is 0 Å². The molecule has 7 heteroatoms. The van der Waals surface area contributed by atoms with Crippen molar-refractivity contribution in [2.45, 2.75) is 19.1 Å². The standard InChI is InChI=1S/C14H15IN4O2/c1-21-14(20)11-8-19-9(7-17-18-19)6-16-13(11)10-4-2-3-5-12(10)15/h2-5,7,11,13,16H,6,8H2,1H3/t11-,13+/m1/s1. The predicted octanol–water partition coefficient (Wildman–Crippen LogP) is 1.52. The lowest BCUT2D eigenvalue weighted by Gasteiger charge is -2.24. The monoisotopic (exact) mass is 398 g/mol. The lowest BCUT2D eigenvalue weighted by Crippen LogP contribution is -2.34. The third-order valence-corrected chi connectivity index (χ3v) is 4.70. The largest absolute Gasteiger partial charge is 0.469 e. The number of halogens is 1. The summed E-state index contributed by atoms with van der Waals surface area (Å²) in [5, 5.41) is 11.4. The number of ether oxygens (including phenoxy) is 1. The SMILES string of the molecule is COC(=O)[C@@H]1Cn2nncc2CN[C@H]1c1ccccc1I. The van der Waals surface area contributed by atoms with E-state index in [0.717, 1.165) is 14.8 Å². The summed E-state index contributed by atoms with van der Waals surface area (Å²) in [6, 6.07) is 7.95. The van der Waals surface area contributed by atoms with Gasteiger partial charge < -0.3 is 10.1 Å². The quantitative estimate of drug-likeness (QED) is 0.614. The van der Waals surface area contributed by atoms with Crippen LogP contribution < -0.4 is 5.32 Å². The van der Waals surface area contributed by atoms with E-state index in [-0.39, 0.29) is 17.9 Å². The van der Waals surface area contributed by atoms with Crippen molar-refractivity contribution in [2.24, 2.45) is 5.92 Å². The van der Waals surface area contributed by atoms with E-state index >= 15 is 0 Å². The summed E-state index contributed by atoms with van der Waals surface area (Å²) in [5.41, 5.74) is 2.07. The topological polar surface area (TPSA) is 69.0 Å². The number of nitrogens with one attached hydrogen (secondary N) is 1. The Morgan fingerprint density at radius 2 is 2.29 bits per heavy atom. The molecule has 21 heavy (non-hydrogen) atoms. The zero-order valence-electron chi connectivity index (χ0n) is 11.5. The molecule has 6 nitrogen and oxygen atoms in total. The van der Waals surface area contributed by atoms with Crippen molar-refractivity contribution in [2.75, 3.05) is 7.11 Å². The van der Waals surface area contributed by atoms with Crippen LogP contribution in [-0.4, -0.2) is 28.1 Å². The minimum Gasteiger partial charge on any atom is -0.469 e. The van der Waals surface area contributed by atoms with Crippen molar-refractivity contribution < 1.29 is 9.53 Å². The van der Waals surface area contributed by atoms with Crippen LogP contribution in [0.2, 0.25) is 0 Å². The van der Waals surface area contributed by atoms with Crippen molar-refractivity contribution in [1.82, 2.24) is 20.3 Å². The number of esters is 1. The molecule has 0 saturated carbocycles. The van der Waals surface area contributed by atoms with Gasteiger partial charge in [0.25, 0.3) is 0 Å². The second-order valence-electron chi connectivity index (χ2n) is 4.92. The molecule has 2 heterocycles. The van der Waals surface area contributed by atoms with Gasteiger partial charge in [-0.3, -0.25) is 4.79 Å². The fraction of sp³-hybridized carbons (Fsp3) is 0.357. The molecule has 1 aliphatic rings. The van der Waals surface area contributed by atoms with Gasteiger partial charge in [-0.2, -0.15) is 0 Å². The van der Waals surface area contributed by atoms with E-state index in [2.05, 4.69) is 38.2 Å². The second kappa shape index (κ2) is 6.10. The molecule has 3 rings (SSSR count). The summed E-state index contributed by atoms with van der Waals surface area (Å²) < 4.78 is 7.88. The number of benzene rings is 1. The van der Waals surface area contributed by atoms with Crippen LogP contribution in [0.15, 0.2) is 30.5 Å². The van der Waals surface area contributed by atoms with E-state index in [1.165, 1.54) is 7.11 Å². The lowest BCUT2D eigenvalue weighted by atomic mass is 9.93. The zero-order chi connectivity index (χ0) is 14.8. The average Bonchev–Trinajstić information content (AvgIpc) is 2.87. The highest BCUT2D eigenvalue weighted by Crippen LogP contribution is 2.30. The molecule has 0 saturated heterocycles. The number of aromatic nitrogens is 3. The maximum Gasteiger partial charge on any atom is 0.312 e. The lowest BCUT2D eigenvalue weighted by molar-refractivity contribution is -0.147. The van der Waals surface area contributed by atoms with Gasteiger partial charge in [-0.1, -0.05) is 23.4 Å². The molecule has 2 aromatic rings. The van der Waals surface area contributed by atoms with Crippen LogP contribution >= 0.6 is 22.6 Å². The Morgan fingerprint density at radius 3 is 3.05 bits per heavy atom. The molecule has 0 unspecified atom stereocenters. The Balaban J connectivity index is 2.00. The molecule has 1 aromatic carbocycles. The highest BCUT2D eigenvalue weighted by atomic mass is 127. The third-order valence-electron chi connectivity index (χ3n) is 3.72. The second-order valence-corrected chi connectivity index (χ2v) is 6.08. The zero-order valence-corrected chi connectivity index (χ0v) is 13.6. The number of fused-ring (bicyclic) bond motifs is 1. The Bertz CT molecular complexity index is 658. The predicted molar refractivity (Wildman–Crippen MR) is 84.3 cm³/mol. The van der Waals surface area contributed by atoms with Crippen molar-refractivity contribution in [3.63, 3.8) is 0 Å². The number of carbonyl (C=O) groups excluding carboxylic acids is 1. The molecule has 1 aromatic heterocycles. The molecule has 110 valence electrons. The summed E-state index contributed by atoms with van der Waals surface area (Å²) in [5.74, 6) is -0.579. The molecule has 0 radical (unpaired) electrons. The number of methoxy groups -OCH3 is 1. The summed E-state index contributed by atoms with van der Waals surface area (Å²) >= 11 is 2.29. The van der Waals surface area contributed by atoms with Crippen molar-refractivity contribution >= 4 is 28.6 Å². The number of hydrogen-bond donors (Lipinski definition) is 1. The van der Waals surface area contributed by atoms with E-state index in [0.29, 0.717) is 13.1 Å². The van der Waals surface area contributed by atoms with E-state index in [1.807, 2.05) is 24.3 Å². The van der Waals surface area contributed by atoms with Crippen LogP contribution in [-0.2, 0) is 22.6 Å². The first-order valence-electron chi connectivity index (χ1n) is 6.63. The van der Waals surface area contributed by atoms with Gasteiger partial charge in [0.05, 0.1) is 31.5 Å². The van der Waals surface area contributed by atoms with Crippen LogP contribution in [0, 0.1) is 9.49 Å². The number of hydrogen-bond acceptors (Lipinski definition) is 5. The molecular formula is C14H15IN4O2. The molecular weight excluding hydrogens is 383 g/mol. The first-order chi connectivity index (χ1) is 10.2. The normalized spacial score (nSPS) is 21.4. The number of nitrogens with zero attached hydrogens (tertiary/aromatic N) is 3. The highest BCUT2D eigenvalue weighted by Gasteiger charge is 2.34. The molecule has 2 atom stereocenters. The summed E-state index contributed by atoms with van der Waals surface area (Å²) in [6.07, 6.45) is 1.72. The Labute approximate surface area is 136 Å². The molecule has 1 aliphatic heterocycles. The number of carbonyl (C=O) groups is 1. The summed E-state index contributed by atoms with van der Waals surface area (Å²) in [6.45, 7) is 1.08. The number of rotatable bonds is 2. The smallest absolute Gasteiger partial charge is 0.312 e. The molecule has 0 bridgehead atoms. The van der Waals surface area contributed by atoms with Gasteiger partial charge in [0.2, 0.25) is 0 Å². The maximum atomic E-state index is 12.2. The van der Waals surface area contributed by atoms with Gasteiger partial charge in [0.1, 0.15) is 0 Å². The van der Waals surface area contributed by atoms with Crippen molar-refractivity contribution in [1.29, 1.82) is 0 Å². The Hall–Kier alpha value is -1.48. The van der Waals surface area contributed by atoms with Crippen LogP contribution in [0.3, 0.4) is 0 Å². The minimum atomic E-state index is -0.339.